The number of hydrogen-bond acceptors (Lipinski definition) is 1. The molecule has 1 unspecified atom stereocenters. The van der Waals surface area contributed by atoms with E-state index >= 15 is 0 Å². The Morgan fingerprint density at radius 1 is 1.47 bits per heavy atom. The fourth-order valence-corrected chi connectivity index (χ4v) is 2.03. The van der Waals surface area contributed by atoms with Gasteiger partial charge in [0.2, 0.25) is 5.91 Å². The number of amides is 1. The lowest BCUT2D eigenvalue weighted by Crippen LogP contribution is -2.25. The van der Waals surface area contributed by atoms with Crippen LogP contribution in [0.2, 0.25) is 5.02 Å². The summed E-state index contributed by atoms with van der Waals surface area (Å²) in [6, 6.07) is 4.23. The van der Waals surface area contributed by atoms with Crippen molar-refractivity contribution in [1.82, 2.24) is 0 Å². The zero-order chi connectivity index (χ0) is 11.0. The van der Waals surface area contributed by atoms with Gasteiger partial charge < -0.3 is 4.90 Å². The number of hydrogen-bond donors (Lipinski definition) is 0. The molecule has 5 heteroatoms. The van der Waals surface area contributed by atoms with Crippen molar-refractivity contribution in [2.75, 3.05) is 11.4 Å². The number of halogens is 3. The van der Waals surface area contributed by atoms with E-state index in [1.54, 1.807) is 6.07 Å². The molecule has 0 spiro atoms. The maximum atomic E-state index is 13.5. The highest BCUT2D eigenvalue weighted by Gasteiger charge is 2.30. The third-order valence-electron chi connectivity index (χ3n) is 2.28. The molecule has 0 bridgehead atoms. The molecule has 2 rings (SSSR count). The highest BCUT2D eigenvalue weighted by Crippen LogP contribution is 2.28. The molecule has 80 valence electrons. The maximum Gasteiger partial charge on any atom is 0.228 e. The largest absolute Gasteiger partial charge is 0.308 e. The van der Waals surface area contributed by atoms with Crippen LogP contribution in [0, 0.1) is 5.82 Å². The SMILES string of the molecule is O=C1CC(Cl)CN1c1ccc(Cl)cc1F. The van der Waals surface area contributed by atoms with Gasteiger partial charge in [-0.15, -0.1) is 11.6 Å². The van der Waals surface area contributed by atoms with Crippen molar-refractivity contribution in [1.29, 1.82) is 0 Å². The van der Waals surface area contributed by atoms with Gasteiger partial charge in [-0.25, -0.2) is 4.39 Å². The standard InChI is InChI=1S/C10H8Cl2FNO/c11-6-1-2-9(8(13)3-6)14-5-7(12)4-10(14)15/h1-3,7H,4-5H2. The van der Waals surface area contributed by atoms with E-state index in [9.17, 15) is 9.18 Å². The van der Waals surface area contributed by atoms with E-state index in [1.807, 2.05) is 0 Å². The highest BCUT2D eigenvalue weighted by atomic mass is 35.5. The highest BCUT2D eigenvalue weighted by molar-refractivity contribution is 6.30. The Morgan fingerprint density at radius 3 is 2.73 bits per heavy atom. The van der Waals surface area contributed by atoms with Crippen LogP contribution >= 0.6 is 23.2 Å². The van der Waals surface area contributed by atoms with Gasteiger partial charge in [0, 0.05) is 18.0 Å². The van der Waals surface area contributed by atoms with Crippen molar-refractivity contribution >= 4 is 34.8 Å². The molecular weight excluding hydrogens is 240 g/mol. The minimum Gasteiger partial charge on any atom is -0.308 e. The van der Waals surface area contributed by atoms with Gasteiger partial charge >= 0.3 is 0 Å². The summed E-state index contributed by atoms with van der Waals surface area (Å²) in [6.45, 7) is 0.346. The monoisotopic (exact) mass is 247 g/mol. The number of benzene rings is 1. The fourth-order valence-electron chi connectivity index (χ4n) is 1.60. The van der Waals surface area contributed by atoms with Crippen LogP contribution in [0.25, 0.3) is 0 Å². The second-order valence-electron chi connectivity index (χ2n) is 3.40. The molecule has 0 aliphatic carbocycles. The lowest BCUT2D eigenvalue weighted by atomic mass is 10.3. The molecule has 1 atom stereocenters. The van der Waals surface area contributed by atoms with Crippen LogP contribution in [0.5, 0.6) is 0 Å². The third-order valence-corrected chi connectivity index (χ3v) is 2.81. The van der Waals surface area contributed by atoms with Crippen molar-refractivity contribution in [3.05, 3.63) is 29.0 Å². The summed E-state index contributed by atoms with van der Waals surface area (Å²) in [6.07, 6.45) is 0.254. The molecule has 1 amide bonds. The first kappa shape index (κ1) is 10.7. The summed E-state index contributed by atoms with van der Waals surface area (Å²) in [5.41, 5.74) is 0.243. The zero-order valence-corrected chi connectivity index (χ0v) is 9.22. The molecule has 15 heavy (non-hydrogen) atoms. The molecule has 2 nitrogen and oxygen atoms in total. The van der Waals surface area contributed by atoms with Gasteiger partial charge in [-0.05, 0) is 18.2 Å². The van der Waals surface area contributed by atoms with E-state index in [0.29, 0.717) is 11.6 Å². The maximum absolute atomic E-state index is 13.5. The van der Waals surface area contributed by atoms with Crippen LogP contribution in [0.4, 0.5) is 10.1 Å². The lowest BCUT2D eigenvalue weighted by Gasteiger charge is -2.16. The molecule has 0 saturated carbocycles. The van der Waals surface area contributed by atoms with Gasteiger partial charge in [-0.1, -0.05) is 11.6 Å². The van der Waals surface area contributed by atoms with E-state index in [-0.39, 0.29) is 23.4 Å². The van der Waals surface area contributed by atoms with Crippen molar-refractivity contribution < 1.29 is 9.18 Å². The molecule has 1 aliphatic rings. The topological polar surface area (TPSA) is 20.3 Å². The van der Waals surface area contributed by atoms with E-state index in [0.717, 1.165) is 0 Å². The van der Waals surface area contributed by atoms with Gasteiger partial charge in [0.05, 0.1) is 11.1 Å². The Bertz CT molecular complexity index is 410. The smallest absolute Gasteiger partial charge is 0.228 e. The quantitative estimate of drug-likeness (QED) is 0.700. The molecule has 0 N–H and O–H groups in total. The van der Waals surface area contributed by atoms with E-state index < -0.39 is 5.82 Å². The van der Waals surface area contributed by atoms with Crippen molar-refractivity contribution in [3.63, 3.8) is 0 Å². The Morgan fingerprint density at radius 2 is 2.20 bits per heavy atom. The summed E-state index contributed by atoms with van der Waals surface area (Å²) in [4.78, 5) is 12.8. The average Bonchev–Trinajstić information content (AvgIpc) is 2.45. The molecule has 1 aromatic carbocycles. The van der Waals surface area contributed by atoms with Gasteiger partial charge in [0.15, 0.2) is 0 Å². The third kappa shape index (κ3) is 2.08. The molecule has 1 aliphatic heterocycles. The Labute approximate surface area is 96.6 Å². The summed E-state index contributed by atoms with van der Waals surface area (Å²) in [5, 5.41) is 0.0675. The average molecular weight is 248 g/mol. The number of nitrogens with zero attached hydrogens (tertiary/aromatic N) is 1. The van der Waals surface area contributed by atoms with Crippen molar-refractivity contribution in [3.8, 4) is 0 Å². The lowest BCUT2D eigenvalue weighted by molar-refractivity contribution is -0.117. The molecule has 0 aromatic heterocycles. The van der Waals surface area contributed by atoms with E-state index in [2.05, 4.69) is 0 Å². The van der Waals surface area contributed by atoms with Crippen LogP contribution in [0.1, 0.15) is 6.42 Å². The normalized spacial score (nSPS) is 21.1. The summed E-state index contributed by atoms with van der Waals surface area (Å²) in [7, 11) is 0. The first-order valence-electron chi connectivity index (χ1n) is 4.47. The molecule has 1 heterocycles. The number of carbonyl (C=O) groups excluding carboxylic acids is 1. The molecule has 1 saturated heterocycles. The first-order valence-corrected chi connectivity index (χ1v) is 5.29. The summed E-state index contributed by atoms with van der Waals surface area (Å²) >= 11 is 11.4. The minimum atomic E-state index is -0.499. The number of anilines is 1. The predicted octanol–water partition coefficient (Wildman–Crippen LogP) is 2.82. The van der Waals surface area contributed by atoms with Crippen LogP contribution in [0.3, 0.4) is 0 Å². The van der Waals surface area contributed by atoms with Crippen LogP contribution < -0.4 is 4.90 Å². The minimum absolute atomic E-state index is 0.156. The van der Waals surface area contributed by atoms with Crippen molar-refractivity contribution in [2.45, 2.75) is 11.8 Å². The second kappa shape index (κ2) is 3.99. The second-order valence-corrected chi connectivity index (χ2v) is 4.46. The fraction of sp³-hybridized carbons (Fsp3) is 0.300. The number of rotatable bonds is 1. The van der Waals surface area contributed by atoms with Gasteiger partial charge in [0.1, 0.15) is 5.82 Å². The van der Waals surface area contributed by atoms with Crippen molar-refractivity contribution in [2.24, 2.45) is 0 Å². The Hall–Kier alpha value is -0.800. The van der Waals surface area contributed by atoms with E-state index in [1.165, 1.54) is 17.0 Å². The Kier molecular flexibility index (Phi) is 2.85. The molecule has 1 aromatic rings. The van der Waals surface area contributed by atoms with Gasteiger partial charge in [-0.3, -0.25) is 4.79 Å². The van der Waals surface area contributed by atoms with Gasteiger partial charge in [-0.2, -0.15) is 0 Å². The number of carbonyl (C=O) groups is 1. The molecule has 1 fully saturated rings. The summed E-state index contributed by atoms with van der Waals surface area (Å²) < 4.78 is 13.5. The summed E-state index contributed by atoms with van der Waals surface area (Å²) in [5.74, 6) is -0.655. The van der Waals surface area contributed by atoms with E-state index in [4.69, 9.17) is 23.2 Å². The zero-order valence-electron chi connectivity index (χ0n) is 7.71. The van der Waals surface area contributed by atoms with Crippen LogP contribution in [-0.2, 0) is 4.79 Å². The van der Waals surface area contributed by atoms with Crippen LogP contribution in [0.15, 0.2) is 18.2 Å². The first-order chi connectivity index (χ1) is 7.08. The van der Waals surface area contributed by atoms with Crippen LogP contribution in [-0.4, -0.2) is 17.8 Å². The predicted molar refractivity (Wildman–Crippen MR) is 58.0 cm³/mol. The van der Waals surface area contributed by atoms with Gasteiger partial charge in [0.25, 0.3) is 0 Å². The molecular formula is C10H8Cl2FNO. The Balaban J connectivity index is 2.34. The molecule has 0 radical (unpaired) electrons. The number of alkyl halides is 1.